The standard InChI is InChI=1S/C12H19N3/c1-2-3-12-14-8-10-6-9(7-13)4-5-11(10)15-12/h8-9H,2-7,13H2,1H3. The average molecular weight is 205 g/mol. The minimum atomic E-state index is 0.637. The van der Waals surface area contributed by atoms with Crippen LogP contribution in [-0.2, 0) is 19.3 Å². The molecule has 1 aliphatic carbocycles. The first-order chi connectivity index (χ1) is 7.33. The Hall–Kier alpha value is -0.960. The van der Waals surface area contributed by atoms with Gasteiger partial charge in [-0.25, -0.2) is 9.97 Å². The summed E-state index contributed by atoms with van der Waals surface area (Å²) in [6.07, 6.45) is 7.45. The number of nitrogens with two attached hydrogens (primary N) is 1. The summed E-state index contributed by atoms with van der Waals surface area (Å²) in [5, 5.41) is 0. The maximum atomic E-state index is 5.70. The van der Waals surface area contributed by atoms with Crippen molar-refractivity contribution in [3.8, 4) is 0 Å². The van der Waals surface area contributed by atoms with Gasteiger partial charge in [-0.3, -0.25) is 0 Å². The number of rotatable bonds is 3. The molecule has 0 radical (unpaired) electrons. The predicted octanol–water partition coefficient (Wildman–Crippen LogP) is 1.49. The van der Waals surface area contributed by atoms with Crippen molar-refractivity contribution in [2.24, 2.45) is 11.7 Å². The largest absolute Gasteiger partial charge is 0.330 e. The lowest BCUT2D eigenvalue weighted by Gasteiger charge is -2.22. The van der Waals surface area contributed by atoms with Crippen molar-refractivity contribution in [2.75, 3.05) is 6.54 Å². The molecule has 0 fully saturated rings. The number of aryl methyl sites for hydroxylation is 2. The molecule has 2 rings (SSSR count). The van der Waals surface area contributed by atoms with Crippen LogP contribution in [0.3, 0.4) is 0 Å². The maximum Gasteiger partial charge on any atom is 0.128 e. The highest BCUT2D eigenvalue weighted by Crippen LogP contribution is 2.22. The Morgan fingerprint density at radius 1 is 1.53 bits per heavy atom. The van der Waals surface area contributed by atoms with Gasteiger partial charge < -0.3 is 5.73 Å². The number of fused-ring (bicyclic) bond motifs is 1. The van der Waals surface area contributed by atoms with Gasteiger partial charge in [-0.15, -0.1) is 0 Å². The van der Waals surface area contributed by atoms with E-state index in [1.54, 1.807) is 0 Å². The van der Waals surface area contributed by atoms with E-state index in [9.17, 15) is 0 Å². The van der Waals surface area contributed by atoms with E-state index in [-0.39, 0.29) is 0 Å². The van der Waals surface area contributed by atoms with E-state index in [1.165, 1.54) is 17.7 Å². The zero-order valence-electron chi connectivity index (χ0n) is 9.37. The van der Waals surface area contributed by atoms with Crippen molar-refractivity contribution in [1.82, 2.24) is 9.97 Å². The highest BCUT2D eigenvalue weighted by molar-refractivity contribution is 5.21. The van der Waals surface area contributed by atoms with Gasteiger partial charge >= 0.3 is 0 Å². The van der Waals surface area contributed by atoms with E-state index >= 15 is 0 Å². The van der Waals surface area contributed by atoms with Gasteiger partial charge in [0, 0.05) is 18.3 Å². The van der Waals surface area contributed by atoms with E-state index in [0.29, 0.717) is 5.92 Å². The molecule has 0 bridgehead atoms. The summed E-state index contributed by atoms with van der Waals surface area (Å²) >= 11 is 0. The lowest BCUT2D eigenvalue weighted by molar-refractivity contribution is 0.460. The number of hydrogen-bond donors (Lipinski definition) is 1. The molecule has 0 aromatic carbocycles. The molecule has 0 amide bonds. The van der Waals surface area contributed by atoms with Crippen LogP contribution >= 0.6 is 0 Å². The minimum Gasteiger partial charge on any atom is -0.330 e. The predicted molar refractivity (Wildman–Crippen MR) is 60.6 cm³/mol. The summed E-state index contributed by atoms with van der Waals surface area (Å²) in [5.41, 5.74) is 8.28. The Labute approximate surface area is 91.1 Å². The van der Waals surface area contributed by atoms with Crippen LogP contribution in [0.4, 0.5) is 0 Å². The lowest BCUT2D eigenvalue weighted by atomic mass is 9.87. The van der Waals surface area contributed by atoms with Gasteiger partial charge in [0.1, 0.15) is 5.82 Å². The van der Waals surface area contributed by atoms with E-state index in [4.69, 9.17) is 5.73 Å². The van der Waals surface area contributed by atoms with Crippen LogP contribution in [0.15, 0.2) is 6.20 Å². The van der Waals surface area contributed by atoms with E-state index in [0.717, 1.165) is 38.1 Å². The summed E-state index contributed by atoms with van der Waals surface area (Å²) in [4.78, 5) is 9.02. The fourth-order valence-corrected chi connectivity index (χ4v) is 2.17. The molecular formula is C12H19N3. The zero-order valence-corrected chi connectivity index (χ0v) is 9.37. The molecule has 0 saturated carbocycles. The molecule has 3 heteroatoms. The molecule has 1 unspecified atom stereocenters. The van der Waals surface area contributed by atoms with Gasteiger partial charge in [0.05, 0.1) is 0 Å². The van der Waals surface area contributed by atoms with Crippen LogP contribution in [0, 0.1) is 5.92 Å². The first kappa shape index (κ1) is 10.6. The number of nitrogens with zero attached hydrogens (tertiary/aromatic N) is 2. The molecule has 15 heavy (non-hydrogen) atoms. The summed E-state index contributed by atoms with van der Waals surface area (Å²) in [7, 11) is 0. The number of hydrogen-bond acceptors (Lipinski definition) is 3. The zero-order chi connectivity index (χ0) is 10.7. The van der Waals surface area contributed by atoms with E-state index in [2.05, 4.69) is 16.9 Å². The van der Waals surface area contributed by atoms with E-state index < -0.39 is 0 Å². The van der Waals surface area contributed by atoms with Crippen molar-refractivity contribution in [3.63, 3.8) is 0 Å². The Morgan fingerprint density at radius 3 is 3.13 bits per heavy atom. The molecule has 1 aromatic rings. The molecule has 1 heterocycles. The van der Waals surface area contributed by atoms with Gasteiger partial charge in [-0.2, -0.15) is 0 Å². The second kappa shape index (κ2) is 4.71. The van der Waals surface area contributed by atoms with Gasteiger partial charge in [0.15, 0.2) is 0 Å². The third-order valence-corrected chi connectivity index (χ3v) is 3.11. The van der Waals surface area contributed by atoms with Crippen LogP contribution in [0.5, 0.6) is 0 Å². The summed E-state index contributed by atoms with van der Waals surface area (Å²) in [6, 6.07) is 0. The van der Waals surface area contributed by atoms with Crippen molar-refractivity contribution >= 4 is 0 Å². The van der Waals surface area contributed by atoms with Crippen LogP contribution in [0.25, 0.3) is 0 Å². The molecule has 3 nitrogen and oxygen atoms in total. The Balaban J connectivity index is 2.17. The molecule has 1 aromatic heterocycles. The second-order valence-electron chi connectivity index (χ2n) is 4.35. The molecule has 0 aliphatic heterocycles. The van der Waals surface area contributed by atoms with Gasteiger partial charge in [-0.05, 0) is 43.7 Å². The maximum absolute atomic E-state index is 5.70. The van der Waals surface area contributed by atoms with Crippen LogP contribution < -0.4 is 5.73 Å². The molecular weight excluding hydrogens is 186 g/mol. The fourth-order valence-electron chi connectivity index (χ4n) is 2.17. The Bertz CT molecular complexity index is 336. The minimum absolute atomic E-state index is 0.637. The molecule has 2 N–H and O–H groups in total. The third kappa shape index (κ3) is 2.34. The first-order valence-electron chi connectivity index (χ1n) is 5.87. The molecule has 1 aliphatic rings. The summed E-state index contributed by atoms with van der Waals surface area (Å²) < 4.78 is 0. The normalized spacial score (nSPS) is 20.0. The van der Waals surface area contributed by atoms with Gasteiger partial charge in [0.25, 0.3) is 0 Å². The average Bonchev–Trinajstić information content (AvgIpc) is 2.29. The van der Waals surface area contributed by atoms with Crippen LogP contribution in [-0.4, -0.2) is 16.5 Å². The van der Waals surface area contributed by atoms with Gasteiger partial charge in [-0.1, -0.05) is 6.92 Å². The molecule has 82 valence electrons. The smallest absolute Gasteiger partial charge is 0.128 e. The van der Waals surface area contributed by atoms with Crippen molar-refractivity contribution in [3.05, 3.63) is 23.3 Å². The summed E-state index contributed by atoms with van der Waals surface area (Å²) in [6.45, 7) is 2.95. The van der Waals surface area contributed by atoms with Crippen LogP contribution in [0.1, 0.15) is 36.8 Å². The third-order valence-electron chi connectivity index (χ3n) is 3.11. The lowest BCUT2D eigenvalue weighted by Crippen LogP contribution is -2.23. The summed E-state index contributed by atoms with van der Waals surface area (Å²) in [5.74, 6) is 1.64. The first-order valence-corrected chi connectivity index (χ1v) is 5.87. The monoisotopic (exact) mass is 205 g/mol. The molecule has 1 atom stereocenters. The SMILES string of the molecule is CCCc1ncc2c(n1)CCC(CN)C2. The Kier molecular flexibility index (Phi) is 3.31. The molecule has 0 saturated heterocycles. The van der Waals surface area contributed by atoms with Crippen LogP contribution in [0.2, 0.25) is 0 Å². The molecule has 0 spiro atoms. The fraction of sp³-hybridized carbons (Fsp3) is 0.667. The highest BCUT2D eigenvalue weighted by atomic mass is 14.9. The van der Waals surface area contributed by atoms with Crippen molar-refractivity contribution in [2.45, 2.75) is 39.0 Å². The quantitative estimate of drug-likeness (QED) is 0.813. The van der Waals surface area contributed by atoms with Crippen molar-refractivity contribution in [1.29, 1.82) is 0 Å². The van der Waals surface area contributed by atoms with Crippen molar-refractivity contribution < 1.29 is 0 Å². The highest BCUT2D eigenvalue weighted by Gasteiger charge is 2.18. The second-order valence-corrected chi connectivity index (χ2v) is 4.35. The number of aromatic nitrogens is 2. The Morgan fingerprint density at radius 2 is 2.40 bits per heavy atom. The van der Waals surface area contributed by atoms with Gasteiger partial charge in [0.2, 0.25) is 0 Å². The topological polar surface area (TPSA) is 51.8 Å². The van der Waals surface area contributed by atoms with E-state index in [1.807, 2.05) is 6.20 Å².